The standard InChI is InChI=1S/C7H8F2/c1-5-2-3-6(8)4-7(5)9/h4H,2-3H2,1H3. The fraction of sp³-hybridized carbons (Fsp3) is 0.429. The first-order chi connectivity index (χ1) is 4.20. The predicted molar refractivity (Wildman–Crippen MR) is 32.2 cm³/mol. The first-order valence-electron chi connectivity index (χ1n) is 2.91. The lowest BCUT2D eigenvalue weighted by Gasteiger charge is -2.05. The van der Waals surface area contributed by atoms with Crippen molar-refractivity contribution >= 4 is 0 Å². The van der Waals surface area contributed by atoms with Gasteiger partial charge in [0.2, 0.25) is 0 Å². The van der Waals surface area contributed by atoms with Crippen molar-refractivity contribution in [3.63, 3.8) is 0 Å². The molecular formula is C7H8F2. The Morgan fingerprint density at radius 3 is 2.44 bits per heavy atom. The summed E-state index contributed by atoms with van der Waals surface area (Å²) < 4.78 is 24.6. The van der Waals surface area contributed by atoms with Gasteiger partial charge in [-0.1, -0.05) is 0 Å². The van der Waals surface area contributed by atoms with E-state index in [4.69, 9.17) is 0 Å². The Kier molecular flexibility index (Phi) is 1.65. The number of hydrogen-bond donors (Lipinski definition) is 0. The van der Waals surface area contributed by atoms with Crippen LogP contribution in [-0.2, 0) is 0 Å². The van der Waals surface area contributed by atoms with E-state index in [2.05, 4.69) is 0 Å². The van der Waals surface area contributed by atoms with Crippen molar-refractivity contribution in [2.45, 2.75) is 19.8 Å². The predicted octanol–water partition coefficient (Wildman–Crippen LogP) is 2.88. The van der Waals surface area contributed by atoms with Crippen molar-refractivity contribution in [3.8, 4) is 0 Å². The summed E-state index contributed by atoms with van der Waals surface area (Å²) in [7, 11) is 0. The van der Waals surface area contributed by atoms with E-state index in [9.17, 15) is 8.78 Å². The van der Waals surface area contributed by atoms with Crippen molar-refractivity contribution in [2.75, 3.05) is 0 Å². The molecule has 0 unspecified atom stereocenters. The third-order valence-electron chi connectivity index (χ3n) is 1.43. The minimum absolute atomic E-state index is 0.349. The summed E-state index contributed by atoms with van der Waals surface area (Å²) in [5.74, 6) is -0.753. The molecular weight excluding hydrogens is 122 g/mol. The van der Waals surface area contributed by atoms with E-state index in [1.165, 1.54) is 0 Å². The molecule has 0 radical (unpaired) electrons. The Labute approximate surface area is 52.9 Å². The van der Waals surface area contributed by atoms with Crippen LogP contribution in [0.3, 0.4) is 0 Å². The minimum Gasteiger partial charge on any atom is -0.212 e. The summed E-state index contributed by atoms with van der Waals surface area (Å²) in [6.45, 7) is 1.68. The molecule has 9 heavy (non-hydrogen) atoms. The summed E-state index contributed by atoms with van der Waals surface area (Å²) >= 11 is 0. The van der Waals surface area contributed by atoms with Gasteiger partial charge in [0.25, 0.3) is 0 Å². The molecule has 1 rings (SSSR count). The van der Waals surface area contributed by atoms with Crippen LogP contribution < -0.4 is 0 Å². The molecule has 0 nitrogen and oxygen atoms in total. The molecule has 0 saturated carbocycles. The van der Waals surface area contributed by atoms with E-state index in [1.54, 1.807) is 6.92 Å². The maximum Gasteiger partial charge on any atom is 0.124 e. The molecule has 0 aliphatic heterocycles. The Morgan fingerprint density at radius 1 is 1.33 bits per heavy atom. The van der Waals surface area contributed by atoms with Crippen molar-refractivity contribution in [1.29, 1.82) is 0 Å². The topological polar surface area (TPSA) is 0 Å². The van der Waals surface area contributed by atoms with Gasteiger partial charge in [-0.2, -0.15) is 0 Å². The van der Waals surface area contributed by atoms with E-state index >= 15 is 0 Å². The van der Waals surface area contributed by atoms with Crippen LogP contribution in [-0.4, -0.2) is 0 Å². The second-order valence-electron chi connectivity index (χ2n) is 2.22. The summed E-state index contributed by atoms with van der Waals surface area (Å²) in [5, 5.41) is 0. The molecule has 0 aromatic carbocycles. The lowest BCUT2D eigenvalue weighted by molar-refractivity contribution is 0.547. The third-order valence-corrected chi connectivity index (χ3v) is 1.43. The molecule has 0 aromatic heterocycles. The second kappa shape index (κ2) is 2.29. The van der Waals surface area contributed by atoms with E-state index in [1.807, 2.05) is 0 Å². The van der Waals surface area contributed by atoms with E-state index in [0.29, 0.717) is 18.4 Å². The van der Waals surface area contributed by atoms with Gasteiger partial charge in [0.05, 0.1) is 0 Å². The Bertz CT molecular complexity index is 177. The molecule has 0 atom stereocenters. The first kappa shape index (κ1) is 6.46. The molecule has 0 N–H and O–H groups in total. The van der Waals surface area contributed by atoms with E-state index < -0.39 is 5.83 Å². The molecule has 0 amide bonds. The van der Waals surface area contributed by atoms with E-state index in [0.717, 1.165) is 6.08 Å². The molecule has 0 heterocycles. The number of halogens is 2. The zero-order valence-corrected chi connectivity index (χ0v) is 5.25. The van der Waals surface area contributed by atoms with Crippen LogP contribution in [0.15, 0.2) is 23.3 Å². The minimum atomic E-state index is -0.404. The second-order valence-corrected chi connectivity index (χ2v) is 2.22. The van der Waals surface area contributed by atoms with Crippen LogP contribution in [0.5, 0.6) is 0 Å². The Hall–Kier alpha value is -0.660. The summed E-state index contributed by atoms with van der Waals surface area (Å²) in [5.41, 5.74) is 0.649. The maximum absolute atomic E-state index is 12.4. The lowest BCUT2D eigenvalue weighted by atomic mass is 10.1. The van der Waals surface area contributed by atoms with Crippen molar-refractivity contribution < 1.29 is 8.78 Å². The molecule has 0 aromatic rings. The average Bonchev–Trinajstić information content (AvgIpc) is 1.80. The van der Waals surface area contributed by atoms with Gasteiger partial charge < -0.3 is 0 Å². The highest BCUT2D eigenvalue weighted by Gasteiger charge is 2.08. The van der Waals surface area contributed by atoms with Crippen molar-refractivity contribution in [2.24, 2.45) is 0 Å². The zero-order valence-electron chi connectivity index (χ0n) is 5.25. The van der Waals surface area contributed by atoms with Gasteiger partial charge in [-0.05, 0) is 18.9 Å². The van der Waals surface area contributed by atoms with Gasteiger partial charge in [-0.25, -0.2) is 8.78 Å². The molecule has 50 valence electrons. The number of rotatable bonds is 0. The highest BCUT2D eigenvalue weighted by Crippen LogP contribution is 2.24. The zero-order chi connectivity index (χ0) is 6.85. The van der Waals surface area contributed by atoms with E-state index in [-0.39, 0.29) is 5.83 Å². The normalized spacial score (nSPS) is 20.1. The fourth-order valence-corrected chi connectivity index (χ4v) is 0.759. The van der Waals surface area contributed by atoms with Gasteiger partial charge in [0.1, 0.15) is 11.7 Å². The van der Waals surface area contributed by atoms with Gasteiger partial charge in [0.15, 0.2) is 0 Å². The lowest BCUT2D eigenvalue weighted by Crippen LogP contribution is -1.89. The summed E-state index contributed by atoms with van der Waals surface area (Å²) in [6.07, 6.45) is 1.84. The van der Waals surface area contributed by atoms with Crippen molar-refractivity contribution in [1.82, 2.24) is 0 Å². The molecule has 1 aliphatic carbocycles. The van der Waals surface area contributed by atoms with Crippen LogP contribution >= 0.6 is 0 Å². The first-order valence-corrected chi connectivity index (χ1v) is 2.91. The number of allylic oxidation sites excluding steroid dienone is 4. The molecule has 0 bridgehead atoms. The van der Waals surface area contributed by atoms with Crippen molar-refractivity contribution in [3.05, 3.63) is 23.3 Å². The quantitative estimate of drug-likeness (QED) is 0.473. The molecule has 2 heteroatoms. The molecule has 0 spiro atoms. The maximum atomic E-state index is 12.4. The molecule has 0 fully saturated rings. The summed E-state index contributed by atoms with van der Waals surface area (Å²) in [6, 6.07) is 0. The highest BCUT2D eigenvalue weighted by molar-refractivity contribution is 5.24. The molecule has 1 aliphatic rings. The van der Waals surface area contributed by atoms with Gasteiger partial charge >= 0.3 is 0 Å². The Morgan fingerprint density at radius 2 is 2.00 bits per heavy atom. The number of hydrogen-bond acceptors (Lipinski definition) is 0. The fourth-order valence-electron chi connectivity index (χ4n) is 0.759. The van der Waals surface area contributed by atoms with Crippen LogP contribution in [0.1, 0.15) is 19.8 Å². The van der Waals surface area contributed by atoms with Gasteiger partial charge in [-0.3, -0.25) is 0 Å². The largest absolute Gasteiger partial charge is 0.212 e. The van der Waals surface area contributed by atoms with Gasteiger partial charge in [-0.15, -0.1) is 0 Å². The average molecular weight is 130 g/mol. The summed E-state index contributed by atoms with van der Waals surface area (Å²) in [4.78, 5) is 0. The van der Waals surface area contributed by atoms with Crippen LogP contribution in [0.25, 0.3) is 0 Å². The third kappa shape index (κ3) is 1.37. The monoisotopic (exact) mass is 130 g/mol. The van der Waals surface area contributed by atoms with Crippen LogP contribution in [0, 0.1) is 0 Å². The molecule has 0 saturated heterocycles. The van der Waals surface area contributed by atoms with Gasteiger partial charge in [0, 0.05) is 12.5 Å². The Balaban J connectivity index is 2.83. The highest BCUT2D eigenvalue weighted by atomic mass is 19.1. The smallest absolute Gasteiger partial charge is 0.124 e. The SMILES string of the molecule is CC1=C(F)C=C(F)CC1. The van der Waals surface area contributed by atoms with Crippen LogP contribution in [0.4, 0.5) is 8.78 Å². The van der Waals surface area contributed by atoms with Crippen LogP contribution in [0.2, 0.25) is 0 Å².